The average molecular weight is 484 g/mol. The highest BCUT2D eigenvalue weighted by molar-refractivity contribution is 7.92. The topological polar surface area (TPSA) is 85.5 Å². The predicted octanol–water partition coefficient (Wildman–Crippen LogP) is 5.48. The van der Waals surface area contributed by atoms with E-state index in [0.29, 0.717) is 17.5 Å². The van der Waals surface area contributed by atoms with Crippen molar-refractivity contribution < 1.29 is 17.7 Å². The molecule has 0 amide bonds. The summed E-state index contributed by atoms with van der Waals surface area (Å²) in [5.74, 6) is 1.75. The van der Waals surface area contributed by atoms with Crippen LogP contribution in [0.4, 0.5) is 6.01 Å². The summed E-state index contributed by atoms with van der Waals surface area (Å²) in [4.78, 5) is 7.09. The lowest BCUT2D eigenvalue weighted by Gasteiger charge is -2.33. The van der Waals surface area contributed by atoms with Crippen LogP contribution < -0.4 is 9.64 Å². The molecule has 34 heavy (non-hydrogen) atoms. The van der Waals surface area contributed by atoms with Gasteiger partial charge in [0.1, 0.15) is 12.4 Å². The molecule has 182 valence electrons. The van der Waals surface area contributed by atoms with Crippen LogP contribution in [0.3, 0.4) is 0 Å². The standard InChI is InChI=1S/C26H33N3O4S/c1-18(2)25-27-26(33-28-25)29-16-6-5-7-22(29)17-32-23-12-8-20(9-13-23)21-10-14-24(15-11-21)34(30,31)19(3)4/h8-15,18-19,22H,5-7,16-17H2,1-4H3. The van der Waals surface area contributed by atoms with Crippen molar-refractivity contribution in [3.63, 3.8) is 0 Å². The number of sulfone groups is 1. The Morgan fingerprint density at radius 2 is 1.65 bits per heavy atom. The molecule has 0 spiro atoms. The van der Waals surface area contributed by atoms with Gasteiger partial charge in [0.15, 0.2) is 15.7 Å². The van der Waals surface area contributed by atoms with Crippen LogP contribution in [0.15, 0.2) is 57.9 Å². The van der Waals surface area contributed by atoms with Crippen molar-refractivity contribution >= 4 is 15.9 Å². The van der Waals surface area contributed by atoms with Crippen LogP contribution in [0.25, 0.3) is 11.1 Å². The van der Waals surface area contributed by atoms with Crippen LogP contribution in [-0.2, 0) is 9.84 Å². The van der Waals surface area contributed by atoms with E-state index < -0.39 is 15.1 Å². The van der Waals surface area contributed by atoms with Crippen molar-refractivity contribution in [2.45, 2.75) is 69.1 Å². The summed E-state index contributed by atoms with van der Waals surface area (Å²) in [7, 11) is -3.27. The Kier molecular flexibility index (Phi) is 7.26. The second-order valence-electron chi connectivity index (χ2n) is 9.39. The Labute approximate surface area is 202 Å². The molecule has 1 aliphatic heterocycles. The van der Waals surface area contributed by atoms with Gasteiger partial charge in [-0.15, -0.1) is 0 Å². The lowest BCUT2D eigenvalue weighted by atomic mass is 10.0. The van der Waals surface area contributed by atoms with Crippen LogP contribution in [0, 0.1) is 0 Å². The molecular formula is C26H33N3O4S. The number of nitrogens with zero attached hydrogens (tertiary/aromatic N) is 3. The number of anilines is 1. The summed E-state index contributed by atoms with van der Waals surface area (Å²) in [6, 6.07) is 15.7. The van der Waals surface area contributed by atoms with E-state index in [0.717, 1.165) is 48.5 Å². The fraction of sp³-hybridized carbons (Fsp3) is 0.462. The fourth-order valence-corrected chi connectivity index (χ4v) is 5.11. The molecule has 0 radical (unpaired) electrons. The van der Waals surface area contributed by atoms with Crippen LogP contribution >= 0.6 is 0 Å². The highest BCUT2D eigenvalue weighted by atomic mass is 32.2. The Morgan fingerprint density at radius 3 is 2.24 bits per heavy atom. The van der Waals surface area contributed by atoms with Gasteiger partial charge >= 0.3 is 6.01 Å². The highest BCUT2D eigenvalue weighted by Crippen LogP contribution is 2.28. The van der Waals surface area contributed by atoms with Gasteiger partial charge in [-0.1, -0.05) is 43.3 Å². The number of hydrogen-bond donors (Lipinski definition) is 0. The zero-order valence-corrected chi connectivity index (χ0v) is 21.1. The lowest BCUT2D eigenvalue weighted by molar-refractivity contribution is 0.250. The first-order valence-corrected chi connectivity index (χ1v) is 13.5. The van der Waals surface area contributed by atoms with Gasteiger partial charge in [0.25, 0.3) is 0 Å². The van der Waals surface area contributed by atoms with Gasteiger partial charge in [0.05, 0.1) is 16.2 Å². The SMILES string of the molecule is CC(C)c1noc(N2CCCCC2COc2ccc(-c3ccc(S(=O)(=O)C(C)C)cc3)cc2)n1. The summed E-state index contributed by atoms with van der Waals surface area (Å²) in [5.41, 5.74) is 1.97. The van der Waals surface area contributed by atoms with Crippen molar-refractivity contribution in [1.82, 2.24) is 10.1 Å². The van der Waals surface area contributed by atoms with Gasteiger partial charge in [0.2, 0.25) is 0 Å². The number of piperidine rings is 1. The third-order valence-corrected chi connectivity index (χ3v) is 8.42. The van der Waals surface area contributed by atoms with E-state index in [1.807, 2.05) is 36.4 Å². The molecule has 1 atom stereocenters. The highest BCUT2D eigenvalue weighted by Gasteiger charge is 2.28. The van der Waals surface area contributed by atoms with Crippen molar-refractivity contribution in [2.75, 3.05) is 18.1 Å². The third kappa shape index (κ3) is 5.27. The fourth-order valence-electron chi connectivity index (χ4n) is 4.05. The molecule has 1 aromatic heterocycles. The summed E-state index contributed by atoms with van der Waals surface area (Å²) in [6.07, 6.45) is 3.27. The van der Waals surface area contributed by atoms with Gasteiger partial charge in [-0.05, 0) is 68.5 Å². The smallest absolute Gasteiger partial charge is 0.324 e. The normalized spacial score (nSPS) is 16.9. The summed E-state index contributed by atoms with van der Waals surface area (Å²) >= 11 is 0. The second-order valence-corrected chi connectivity index (χ2v) is 11.9. The minimum absolute atomic E-state index is 0.185. The first kappa shape index (κ1) is 24.3. The molecule has 3 aromatic rings. The lowest BCUT2D eigenvalue weighted by Crippen LogP contribution is -2.43. The quantitative estimate of drug-likeness (QED) is 0.419. The molecule has 2 aromatic carbocycles. The molecule has 1 fully saturated rings. The maximum absolute atomic E-state index is 12.3. The minimum atomic E-state index is -3.27. The zero-order valence-electron chi connectivity index (χ0n) is 20.3. The molecule has 7 nitrogen and oxygen atoms in total. The van der Waals surface area contributed by atoms with E-state index in [1.165, 1.54) is 0 Å². The third-order valence-electron chi connectivity index (χ3n) is 6.25. The number of aromatic nitrogens is 2. The van der Waals surface area contributed by atoms with Gasteiger partial charge in [-0.25, -0.2) is 8.42 Å². The molecule has 0 aliphatic carbocycles. The number of hydrogen-bond acceptors (Lipinski definition) is 7. The molecule has 2 heterocycles. The van der Waals surface area contributed by atoms with Crippen LogP contribution in [-0.4, -0.2) is 43.0 Å². The zero-order chi connectivity index (χ0) is 24.3. The molecule has 4 rings (SSSR count). The van der Waals surface area contributed by atoms with Gasteiger partial charge in [0, 0.05) is 12.5 Å². The molecule has 0 saturated carbocycles. The minimum Gasteiger partial charge on any atom is -0.491 e. The number of rotatable bonds is 8. The van der Waals surface area contributed by atoms with Gasteiger partial charge < -0.3 is 14.2 Å². The van der Waals surface area contributed by atoms with Crippen molar-refractivity contribution in [3.8, 4) is 16.9 Å². The van der Waals surface area contributed by atoms with Gasteiger partial charge in [-0.2, -0.15) is 4.98 Å². The monoisotopic (exact) mass is 483 g/mol. The first-order chi connectivity index (χ1) is 16.3. The van der Waals surface area contributed by atoms with Crippen molar-refractivity contribution in [2.24, 2.45) is 0 Å². The Morgan fingerprint density at radius 1 is 1.00 bits per heavy atom. The molecule has 8 heteroatoms. The van der Waals surface area contributed by atoms with Crippen molar-refractivity contribution in [3.05, 3.63) is 54.4 Å². The molecule has 1 saturated heterocycles. The van der Waals surface area contributed by atoms with Crippen LogP contribution in [0.1, 0.15) is 58.7 Å². The van der Waals surface area contributed by atoms with E-state index in [-0.39, 0.29) is 12.0 Å². The van der Waals surface area contributed by atoms with Crippen LogP contribution in [0.2, 0.25) is 0 Å². The Balaban J connectivity index is 1.40. The molecule has 1 aliphatic rings. The van der Waals surface area contributed by atoms with E-state index in [2.05, 4.69) is 28.9 Å². The van der Waals surface area contributed by atoms with E-state index in [9.17, 15) is 8.42 Å². The van der Waals surface area contributed by atoms with E-state index >= 15 is 0 Å². The van der Waals surface area contributed by atoms with Gasteiger partial charge in [-0.3, -0.25) is 0 Å². The molecule has 0 bridgehead atoms. The Hall–Kier alpha value is -2.87. The molecular weight excluding hydrogens is 450 g/mol. The average Bonchev–Trinajstić information content (AvgIpc) is 3.34. The van der Waals surface area contributed by atoms with E-state index in [4.69, 9.17) is 9.26 Å². The van der Waals surface area contributed by atoms with Crippen molar-refractivity contribution in [1.29, 1.82) is 0 Å². The summed E-state index contributed by atoms with van der Waals surface area (Å²) in [6.45, 7) is 8.92. The summed E-state index contributed by atoms with van der Waals surface area (Å²) < 4.78 is 36.3. The summed E-state index contributed by atoms with van der Waals surface area (Å²) in [5, 5.41) is 3.67. The maximum atomic E-state index is 12.3. The molecule has 1 unspecified atom stereocenters. The number of benzene rings is 2. The Bertz CT molecular complexity index is 1190. The number of ether oxygens (including phenoxy) is 1. The predicted molar refractivity (Wildman–Crippen MR) is 133 cm³/mol. The molecule has 0 N–H and O–H groups in total. The van der Waals surface area contributed by atoms with E-state index in [1.54, 1.807) is 26.0 Å². The first-order valence-electron chi connectivity index (χ1n) is 11.9. The van der Waals surface area contributed by atoms with Crippen LogP contribution in [0.5, 0.6) is 5.75 Å². The second kappa shape index (κ2) is 10.2. The largest absolute Gasteiger partial charge is 0.491 e. The maximum Gasteiger partial charge on any atom is 0.324 e.